The smallest absolute Gasteiger partial charge is 0.306 e. The Hall–Kier alpha value is -1.01. The highest BCUT2D eigenvalue weighted by atomic mass is 79.9. The molecule has 0 fully saturated rings. The third-order valence-corrected chi connectivity index (χ3v) is 1.99. The van der Waals surface area contributed by atoms with Crippen LogP contribution >= 0.6 is 15.9 Å². The summed E-state index contributed by atoms with van der Waals surface area (Å²) < 4.78 is 13.5. The number of nitrogens with zero attached hydrogens (tertiary/aromatic N) is 1. The van der Waals surface area contributed by atoms with Gasteiger partial charge in [0.15, 0.2) is 0 Å². The number of halogens is 2. The van der Waals surface area contributed by atoms with Gasteiger partial charge in [-0.05, 0) is 22.0 Å². The summed E-state index contributed by atoms with van der Waals surface area (Å²) in [5, 5.41) is 17.7. The van der Waals surface area contributed by atoms with Crippen LogP contribution in [-0.2, 0) is 4.79 Å². The molecule has 76 valence electrons. The summed E-state index contributed by atoms with van der Waals surface area (Å²) in [5.74, 6) is -2.06. The highest BCUT2D eigenvalue weighted by Gasteiger charge is 2.17. The van der Waals surface area contributed by atoms with Gasteiger partial charge in [-0.1, -0.05) is 0 Å². The van der Waals surface area contributed by atoms with E-state index in [0.29, 0.717) is 4.47 Å². The van der Waals surface area contributed by atoms with Gasteiger partial charge < -0.3 is 10.2 Å². The van der Waals surface area contributed by atoms with Crippen LogP contribution in [0.3, 0.4) is 0 Å². The molecule has 0 aromatic carbocycles. The van der Waals surface area contributed by atoms with Crippen LogP contribution in [0.1, 0.15) is 18.1 Å². The molecule has 0 bridgehead atoms. The van der Waals surface area contributed by atoms with Crippen molar-refractivity contribution in [2.24, 2.45) is 0 Å². The number of aromatic nitrogens is 1. The summed E-state index contributed by atoms with van der Waals surface area (Å²) in [6.45, 7) is 0. The van der Waals surface area contributed by atoms with E-state index in [4.69, 9.17) is 5.11 Å². The molecule has 0 aliphatic carbocycles. The number of carboxylic acids is 1. The average molecular weight is 264 g/mol. The summed E-state index contributed by atoms with van der Waals surface area (Å²) in [6, 6.07) is 1.30. The number of carboxylic acid groups (broad SMARTS) is 1. The van der Waals surface area contributed by atoms with Crippen LogP contribution < -0.4 is 0 Å². The van der Waals surface area contributed by atoms with E-state index in [2.05, 4.69) is 20.9 Å². The minimum Gasteiger partial charge on any atom is -0.481 e. The van der Waals surface area contributed by atoms with Crippen molar-refractivity contribution in [3.05, 3.63) is 28.2 Å². The van der Waals surface area contributed by atoms with Crippen LogP contribution in [0.4, 0.5) is 4.39 Å². The summed E-state index contributed by atoms with van der Waals surface area (Å²) in [6.07, 6.45) is -0.695. The molecule has 1 atom stereocenters. The van der Waals surface area contributed by atoms with Gasteiger partial charge in [0.1, 0.15) is 0 Å². The maximum atomic E-state index is 13.0. The first kappa shape index (κ1) is 11.1. The van der Waals surface area contributed by atoms with E-state index in [1.54, 1.807) is 0 Å². The van der Waals surface area contributed by atoms with Crippen molar-refractivity contribution < 1.29 is 19.4 Å². The molecule has 0 saturated carbocycles. The van der Waals surface area contributed by atoms with E-state index in [1.165, 1.54) is 12.3 Å². The van der Waals surface area contributed by atoms with Gasteiger partial charge in [-0.2, -0.15) is 4.39 Å². The third kappa shape index (κ3) is 2.74. The van der Waals surface area contributed by atoms with Gasteiger partial charge >= 0.3 is 5.97 Å². The molecule has 0 radical (unpaired) electrons. The Morgan fingerprint density at radius 2 is 2.36 bits per heavy atom. The van der Waals surface area contributed by atoms with Crippen molar-refractivity contribution in [1.82, 2.24) is 4.98 Å². The summed E-state index contributed by atoms with van der Waals surface area (Å²) >= 11 is 3.04. The zero-order valence-corrected chi connectivity index (χ0v) is 8.53. The van der Waals surface area contributed by atoms with Crippen molar-refractivity contribution in [2.45, 2.75) is 12.5 Å². The molecular weight excluding hydrogens is 257 g/mol. The Morgan fingerprint density at radius 3 is 2.93 bits per heavy atom. The maximum absolute atomic E-state index is 13.0. The highest BCUT2D eigenvalue weighted by molar-refractivity contribution is 9.10. The molecule has 0 amide bonds. The molecule has 14 heavy (non-hydrogen) atoms. The van der Waals surface area contributed by atoms with Gasteiger partial charge in [0.2, 0.25) is 5.95 Å². The number of pyridine rings is 1. The molecule has 6 heteroatoms. The van der Waals surface area contributed by atoms with Crippen molar-refractivity contribution in [1.29, 1.82) is 0 Å². The quantitative estimate of drug-likeness (QED) is 0.811. The largest absolute Gasteiger partial charge is 0.481 e. The van der Waals surface area contributed by atoms with Crippen LogP contribution in [-0.4, -0.2) is 21.2 Å². The van der Waals surface area contributed by atoms with Gasteiger partial charge in [0.25, 0.3) is 0 Å². The highest BCUT2D eigenvalue weighted by Crippen LogP contribution is 2.21. The van der Waals surface area contributed by atoms with E-state index < -0.39 is 24.4 Å². The van der Waals surface area contributed by atoms with Gasteiger partial charge in [-0.15, -0.1) is 0 Å². The van der Waals surface area contributed by atoms with Crippen LogP contribution in [0, 0.1) is 5.95 Å². The molecule has 0 aliphatic rings. The average Bonchev–Trinajstić information content (AvgIpc) is 2.08. The first-order chi connectivity index (χ1) is 6.50. The van der Waals surface area contributed by atoms with E-state index in [9.17, 15) is 14.3 Å². The number of rotatable bonds is 3. The van der Waals surface area contributed by atoms with Crippen LogP contribution in [0.15, 0.2) is 16.7 Å². The van der Waals surface area contributed by atoms with Crippen molar-refractivity contribution in [3.63, 3.8) is 0 Å². The topological polar surface area (TPSA) is 70.4 Å². The Kier molecular flexibility index (Phi) is 3.54. The number of aliphatic hydroxyl groups excluding tert-OH is 1. The van der Waals surface area contributed by atoms with E-state index in [0.717, 1.165) is 0 Å². The molecular formula is C8H7BrFNO3. The van der Waals surface area contributed by atoms with E-state index >= 15 is 0 Å². The van der Waals surface area contributed by atoms with Gasteiger partial charge in [-0.3, -0.25) is 4.79 Å². The second-order valence-electron chi connectivity index (χ2n) is 2.65. The molecule has 1 aromatic rings. The van der Waals surface area contributed by atoms with Crippen LogP contribution in [0.5, 0.6) is 0 Å². The first-order valence-electron chi connectivity index (χ1n) is 3.71. The molecule has 0 unspecified atom stereocenters. The molecule has 1 rings (SSSR count). The Bertz CT molecular complexity index is 358. The summed E-state index contributed by atoms with van der Waals surface area (Å²) in [7, 11) is 0. The van der Waals surface area contributed by atoms with Crippen LogP contribution in [0.25, 0.3) is 0 Å². The number of carbonyl (C=O) groups is 1. The van der Waals surface area contributed by atoms with Crippen molar-refractivity contribution in [3.8, 4) is 0 Å². The monoisotopic (exact) mass is 263 g/mol. The lowest BCUT2D eigenvalue weighted by molar-refractivity contribution is -0.139. The predicted octanol–water partition coefficient (Wildman–Crippen LogP) is 1.49. The Balaban J connectivity index is 2.93. The Labute approximate surface area is 87.5 Å². The summed E-state index contributed by atoms with van der Waals surface area (Å²) in [4.78, 5) is 13.6. The predicted molar refractivity (Wildman–Crippen MR) is 49.1 cm³/mol. The van der Waals surface area contributed by atoms with E-state index in [1.807, 2.05) is 0 Å². The molecule has 0 spiro atoms. The van der Waals surface area contributed by atoms with Crippen LogP contribution in [0.2, 0.25) is 0 Å². The van der Waals surface area contributed by atoms with Gasteiger partial charge in [0.05, 0.1) is 12.5 Å². The normalized spacial score (nSPS) is 12.5. The SMILES string of the molecule is O=C(O)C[C@H](O)c1cc(Br)cnc1F. The van der Waals surface area contributed by atoms with Gasteiger partial charge in [-0.25, -0.2) is 4.98 Å². The number of aliphatic hydroxyl groups is 1. The fourth-order valence-electron chi connectivity index (χ4n) is 0.947. The number of hydrogen-bond acceptors (Lipinski definition) is 3. The molecule has 1 heterocycles. The molecule has 0 aliphatic heterocycles. The second kappa shape index (κ2) is 4.47. The van der Waals surface area contributed by atoms with E-state index in [-0.39, 0.29) is 5.56 Å². The number of hydrogen-bond donors (Lipinski definition) is 2. The minimum absolute atomic E-state index is 0.123. The first-order valence-corrected chi connectivity index (χ1v) is 4.51. The zero-order valence-electron chi connectivity index (χ0n) is 6.94. The fourth-order valence-corrected chi connectivity index (χ4v) is 1.30. The molecule has 4 nitrogen and oxygen atoms in total. The number of aliphatic carboxylic acids is 1. The lowest BCUT2D eigenvalue weighted by Gasteiger charge is -2.08. The van der Waals surface area contributed by atoms with Crippen molar-refractivity contribution in [2.75, 3.05) is 0 Å². The van der Waals surface area contributed by atoms with Gasteiger partial charge in [0, 0.05) is 16.2 Å². The molecule has 0 saturated heterocycles. The lowest BCUT2D eigenvalue weighted by Crippen LogP contribution is -2.08. The fraction of sp³-hybridized carbons (Fsp3) is 0.250. The van der Waals surface area contributed by atoms with Crippen molar-refractivity contribution >= 4 is 21.9 Å². The second-order valence-corrected chi connectivity index (χ2v) is 3.56. The minimum atomic E-state index is -1.38. The third-order valence-electron chi connectivity index (χ3n) is 1.56. The molecule has 1 aromatic heterocycles. The maximum Gasteiger partial charge on any atom is 0.306 e. The zero-order chi connectivity index (χ0) is 10.7. The standard InChI is InChI=1S/C8H7BrFNO3/c9-4-1-5(8(10)11-3-4)6(12)2-7(13)14/h1,3,6,12H,2H2,(H,13,14)/t6-/m0/s1. The molecule has 2 N–H and O–H groups in total. The lowest BCUT2D eigenvalue weighted by atomic mass is 10.1. The Morgan fingerprint density at radius 1 is 1.71 bits per heavy atom. The summed E-state index contributed by atoms with van der Waals surface area (Å²) in [5.41, 5.74) is -0.123.